The van der Waals surface area contributed by atoms with E-state index in [1.807, 2.05) is 36.5 Å². The number of aromatic nitrogens is 1. The minimum atomic E-state index is 0.0950. The lowest BCUT2D eigenvalue weighted by molar-refractivity contribution is 0.181. The van der Waals surface area contributed by atoms with Crippen molar-refractivity contribution in [1.29, 1.82) is 0 Å². The molecule has 5 heteroatoms. The molecule has 0 fully saturated rings. The number of ether oxygens (including phenoxy) is 2. The number of benzene rings is 1. The predicted octanol–water partition coefficient (Wildman–Crippen LogP) is 2.09. The molecule has 0 atom stereocenters. The molecule has 2 aromatic rings. The third kappa shape index (κ3) is 4.19. The molecule has 0 bridgehead atoms. The van der Waals surface area contributed by atoms with E-state index < -0.39 is 0 Å². The van der Waals surface area contributed by atoms with Crippen molar-refractivity contribution in [2.75, 3.05) is 27.4 Å². The third-order valence-electron chi connectivity index (χ3n) is 3.46. The Morgan fingerprint density at radius 3 is 2.32 bits per heavy atom. The molecule has 0 amide bonds. The molecule has 0 aliphatic heterocycles. The Hall–Kier alpha value is -2.11. The lowest BCUT2D eigenvalue weighted by atomic mass is 10.1. The summed E-state index contributed by atoms with van der Waals surface area (Å²) in [5.41, 5.74) is 2.08. The standard InChI is InChI=1S/C17H22N2O3/c1-21-16-6-3-7-17(22-2)15(16)13-19(9-10-20)12-14-5-4-8-18-11-14/h3-8,11,20H,9-10,12-13H2,1-2H3. The molecule has 0 saturated carbocycles. The Kier molecular flexibility index (Phi) is 6.18. The summed E-state index contributed by atoms with van der Waals surface area (Å²) in [7, 11) is 3.30. The Morgan fingerprint density at radius 1 is 1.05 bits per heavy atom. The fraction of sp³-hybridized carbons (Fsp3) is 0.353. The second-order valence-corrected chi connectivity index (χ2v) is 4.94. The summed E-state index contributed by atoms with van der Waals surface area (Å²) in [5.74, 6) is 1.57. The number of nitrogens with zero attached hydrogens (tertiary/aromatic N) is 2. The van der Waals surface area contributed by atoms with E-state index >= 15 is 0 Å². The molecule has 0 aliphatic carbocycles. The highest BCUT2D eigenvalue weighted by atomic mass is 16.5. The largest absolute Gasteiger partial charge is 0.496 e. The highest BCUT2D eigenvalue weighted by Crippen LogP contribution is 2.29. The van der Waals surface area contributed by atoms with Gasteiger partial charge in [-0.15, -0.1) is 0 Å². The van der Waals surface area contributed by atoms with Gasteiger partial charge in [-0.1, -0.05) is 12.1 Å². The Bertz CT molecular complexity index is 553. The van der Waals surface area contributed by atoms with Crippen molar-refractivity contribution >= 4 is 0 Å². The maximum Gasteiger partial charge on any atom is 0.127 e. The van der Waals surface area contributed by atoms with Crippen molar-refractivity contribution in [3.05, 3.63) is 53.9 Å². The fourth-order valence-corrected chi connectivity index (χ4v) is 2.41. The first-order chi connectivity index (χ1) is 10.8. The average molecular weight is 302 g/mol. The number of aliphatic hydroxyl groups excluding tert-OH is 1. The van der Waals surface area contributed by atoms with E-state index in [1.54, 1.807) is 20.4 Å². The molecule has 0 radical (unpaired) electrons. The van der Waals surface area contributed by atoms with Crippen LogP contribution in [-0.2, 0) is 13.1 Å². The van der Waals surface area contributed by atoms with Crippen LogP contribution in [0.15, 0.2) is 42.7 Å². The maximum atomic E-state index is 9.33. The zero-order chi connectivity index (χ0) is 15.8. The van der Waals surface area contributed by atoms with Crippen LogP contribution in [0.4, 0.5) is 0 Å². The number of pyridine rings is 1. The van der Waals surface area contributed by atoms with Crippen molar-refractivity contribution in [2.24, 2.45) is 0 Å². The Balaban J connectivity index is 2.20. The summed E-state index contributed by atoms with van der Waals surface area (Å²) in [5, 5.41) is 9.33. The van der Waals surface area contributed by atoms with E-state index in [0.29, 0.717) is 19.6 Å². The van der Waals surface area contributed by atoms with Crippen LogP contribution in [0.1, 0.15) is 11.1 Å². The second-order valence-electron chi connectivity index (χ2n) is 4.94. The van der Waals surface area contributed by atoms with Crippen LogP contribution in [0, 0.1) is 0 Å². The molecular formula is C17H22N2O3. The topological polar surface area (TPSA) is 54.8 Å². The van der Waals surface area contributed by atoms with Crippen LogP contribution in [0.5, 0.6) is 11.5 Å². The van der Waals surface area contributed by atoms with Crippen LogP contribution in [0.2, 0.25) is 0 Å². The van der Waals surface area contributed by atoms with Gasteiger partial charge in [0.2, 0.25) is 0 Å². The van der Waals surface area contributed by atoms with Gasteiger partial charge in [-0.3, -0.25) is 9.88 Å². The highest BCUT2D eigenvalue weighted by Gasteiger charge is 2.14. The van der Waals surface area contributed by atoms with Crippen molar-refractivity contribution in [3.63, 3.8) is 0 Å². The molecule has 1 aromatic carbocycles. The Labute approximate surface area is 131 Å². The van der Waals surface area contributed by atoms with Crippen molar-refractivity contribution in [3.8, 4) is 11.5 Å². The van der Waals surface area contributed by atoms with E-state index in [-0.39, 0.29) is 6.61 Å². The van der Waals surface area contributed by atoms with E-state index in [0.717, 1.165) is 22.6 Å². The molecule has 1 aromatic heterocycles. The number of aliphatic hydroxyl groups is 1. The lowest BCUT2D eigenvalue weighted by Crippen LogP contribution is -2.26. The van der Waals surface area contributed by atoms with E-state index in [1.165, 1.54) is 0 Å². The summed E-state index contributed by atoms with van der Waals surface area (Å²) in [6, 6.07) is 9.67. The maximum absolute atomic E-state index is 9.33. The Morgan fingerprint density at radius 2 is 1.77 bits per heavy atom. The van der Waals surface area contributed by atoms with E-state index in [9.17, 15) is 5.11 Å². The van der Waals surface area contributed by atoms with Crippen LogP contribution in [-0.4, -0.2) is 42.4 Å². The minimum Gasteiger partial charge on any atom is -0.496 e. The zero-order valence-corrected chi connectivity index (χ0v) is 13.0. The van der Waals surface area contributed by atoms with Crippen molar-refractivity contribution < 1.29 is 14.6 Å². The van der Waals surface area contributed by atoms with Gasteiger partial charge in [0, 0.05) is 32.0 Å². The third-order valence-corrected chi connectivity index (χ3v) is 3.46. The van der Waals surface area contributed by atoms with Crippen LogP contribution < -0.4 is 9.47 Å². The molecule has 0 saturated heterocycles. The zero-order valence-electron chi connectivity index (χ0n) is 13.0. The van der Waals surface area contributed by atoms with Gasteiger partial charge in [-0.05, 0) is 23.8 Å². The first-order valence-corrected chi connectivity index (χ1v) is 7.20. The normalized spacial score (nSPS) is 10.7. The summed E-state index contributed by atoms with van der Waals surface area (Å²) in [4.78, 5) is 6.27. The molecule has 0 spiro atoms. The molecule has 0 unspecified atom stereocenters. The van der Waals surface area contributed by atoms with Gasteiger partial charge < -0.3 is 14.6 Å². The van der Waals surface area contributed by atoms with Gasteiger partial charge in [0.1, 0.15) is 11.5 Å². The minimum absolute atomic E-state index is 0.0950. The van der Waals surface area contributed by atoms with Gasteiger partial charge in [0.05, 0.1) is 26.4 Å². The molecule has 118 valence electrons. The van der Waals surface area contributed by atoms with Gasteiger partial charge in [-0.25, -0.2) is 0 Å². The summed E-state index contributed by atoms with van der Waals surface area (Å²) < 4.78 is 10.9. The van der Waals surface area contributed by atoms with Gasteiger partial charge in [-0.2, -0.15) is 0 Å². The summed E-state index contributed by atoms with van der Waals surface area (Å²) in [6.07, 6.45) is 3.59. The monoisotopic (exact) mass is 302 g/mol. The van der Waals surface area contributed by atoms with Gasteiger partial charge in [0.15, 0.2) is 0 Å². The van der Waals surface area contributed by atoms with Gasteiger partial charge in [0.25, 0.3) is 0 Å². The average Bonchev–Trinajstić information content (AvgIpc) is 2.56. The SMILES string of the molecule is COc1cccc(OC)c1CN(CCO)Cc1cccnc1. The number of hydrogen-bond donors (Lipinski definition) is 1. The van der Waals surface area contributed by atoms with Crippen LogP contribution >= 0.6 is 0 Å². The van der Waals surface area contributed by atoms with Crippen LogP contribution in [0.3, 0.4) is 0 Å². The summed E-state index contributed by atoms with van der Waals surface area (Å²) in [6.45, 7) is 1.99. The van der Waals surface area contributed by atoms with Crippen molar-refractivity contribution in [2.45, 2.75) is 13.1 Å². The number of rotatable bonds is 8. The molecule has 0 aliphatic rings. The smallest absolute Gasteiger partial charge is 0.127 e. The fourth-order valence-electron chi connectivity index (χ4n) is 2.41. The van der Waals surface area contributed by atoms with Crippen molar-refractivity contribution in [1.82, 2.24) is 9.88 Å². The second kappa shape index (κ2) is 8.36. The highest BCUT2D eigenvalue weighted by molar-refractivity contribution is 5.44. The quantitative estimate of drug-likeness (QED) is 0.809. The first kappa shape index (κ1) is 16.3. The molecule has 1 N–H and O–H groups in total. The molecule has 22 heavy (non-hydrogen) atoms. The van der Waals surface area contributed by atoms with Gasteiger partial charge >= 0.3 is 0 Å². The molecule has 1 heterocycles. The number of hydrogen-bond acceptors (Lipinski definition) is 5. The van der Waals surface area contributed by atoms with E-state index in [4.69, 9.17) is 9.47 Å². The molecular weight excluding hydrogens is 280 g/mol. The summed E-state index contributed by atoms with van der Waals surface area (Å²) >= 11 is 0. The first-order valence-electron chi connectivity index (χ1n) is 7.20. The van der Waals surface area contributed by atoms with E-state index in [2.05, 4.69) is 9.88 Å². The molecule has 2 rings (SSSR count). The van der Waals surface area contributed by atoms with Crippen LogP contribution in [0.25, 0.3) is 0 Å². The lowest BCUT2D eigenvalue weighted by Gasteiger charge is -2.23. The predicted molar refractivity (Wildman–Crippen MR) is 85.0 cm³/mol. The molecule has 5 nitrogen and oxygen atoms in total. The number of methoxy groups -OCH3 is 2.